The Morgan fingerprint density at radius 2 is 2.04 bits per heavy atom. The number of alkyl halides is 2. The van der Waals surface area contributed by atoms with E-state index >= 15 is 0 Å². The van der Waals surface area contributed by atoms with E-state index in [0.717, 1.165) is 24.1 Å². The number of hydrogen-bond donors (Lipinski definition) is 1. The molecule has 3 rings (SSSR count). The van der Waals surface area contributed by atoms with Gasteiger partial charge < -0.3 is 20.1 Å². The van der Waals surface area contributed by atoms with Crippen molar-refractivity contribution in [2.24, 2.45) is 0 Å². The first-order valence-corrected chi connectivity index (χ1v) is 8.18. The molecule has 0 atom stereocenters. The summed E-state index contributed by atoms with van der Waals surface area (Å²) in [6, 6.07) is 3.72. The van der Waals surface area contributed by atoms with Crippen molar-refractivity contribution < 1.29 is 18.3 Å². The topological polar surface area (TPSA) is 47.7 Å². The van der Waals surface area contributed by atoms with Crippen LogP contribution in [0.5, 0.6) is 5.75 Å². The van der Waals surface area contributed by atoms with Gasteiger partial charge in [-0.3, -0.25) is 0 Å². The van der Waals surface area contributed by atoms with Crippen LogP contribution >= 0.6 is 0 Å². The normalized spacial score (nSPS) is 22.1. The Balaban J connectivity index is 1.98. The number of ether oxygens (including phenoxy) is 2. The van der Waals surface area contributed by atoms with Crippen LogP contribution in [0.25, 0.3) is 0 Å². The molecular weight excluding hydrogens is 302 g/mol. The Morgan fingerprint density at radius 1 is 1.30 bits per heavy atom. The number of rotatable bonds is 3. The van der Waals surface area contributed by atoms with Crippen LogP contribution in [-0.4, -0.2) is 39.3 Å². The summed E-state index contributed by atoms with van der Waals surface area (Å²) in [5, 5.41) is 0. The first-order chi connectivity index (χ1) is 11.0. The first-order valence-electron chi connectivity index (χ1n) is 8.18. The minimum absolute atomic E-state index is 0.0395. The van der Waals surface area contributed by atoms with Gasteiger partial charge in [0, 0.05) is 37.9 Å². The molecule has 0 aliphatic carbocycles. The predicted molar refractivity (Wildman–Crippen MR) is 86.6 cm³/mol. The number of piperidine rings is 1. The van der Waals surface area contributed by atoms with Crippen molar-refractivity contribution in [3.63, 3.8) is 0 Å². The van der Waals surface area contributed by atoms with E-state index < -0.39 is 5.92 Å². The van der Waals surface area contributed by atoms with Gasteiger partial charge in [-0.2, -0.15) is 0 Å². The maximum absolute atomic E-state index is 13.9. The van der Waals surface area contributed by atoms with Gasteiger partial charge in [0.15, 0.2) is 0 Å². The molecule has 4 nitrogen and oxygen atoms in total. The van der Waals surface area contributed by atoms with Crippen molar-refractivity contribution in [3.05, 3.63) is 17.7 Å². The van der Waals surface area contributed by atoms with Crippen LogP contribution in [-0.2, 0) is 4.74 Å². The lowest BCUT2D eigenvalue weighted by Crippen LogP contribution is -2.43. The minimum Gasteiger partial charge on any atom is -0.495 e. The van der Waals surface area contributed by atoms with Crippen molar-refractivity contribution >= 4 is 11.4 Å². The first kappa shape index (κ1) is 16.3. The zero-order chi connectivity index (χ0) is 16.4. The van der Waals surface area contributed by atoms with Crippen LogP contribution in [0.4, 0.5) is 20.2 Å². The summed E-state index contributed by atoms with van der Waals surface area (Å²) in [6.07, 6.45) is 2.24. The lowest BCUT2D eigenvalue weighted by molar-refractivity contribution is -0.0117. The van der Waals surface area contributed by atoms with Gasteiger partial charge in [-0.1, -0.05) is 0 Å². The van der Waals surface area contributed by atoms with Crippen molar-refractivity contribution in [2.45, 2.75) is 37.5 Å². The molecule has 2 aliphatic heterocycles. The standard InChI is InChI=1S/C17H24F2N2O2/c1-22-16-10-15(21-6-2-5-17(18,19)11-21)13(9-14(16)20)12-3-7-23-8-4-12/h9-10,12H,2-8,11,20H2,1H3. The lowest BCUT2D eigenvalue weighted by atomic mass is 9.89. The molecular formula is C17H24F2N2O2. The summed E-state index contributed by atoms with van der Waals surface area (Å²) in [5.41, 5.74) is 8.51. The minimum atomic E-state index is -2.64. The highest BCUT2D eigenvalue weighted by molar-refractivity contribution is 5.68. The average Bonchev–Trinajstić information content (AvgIpc) is 2.54. The third-order valence-electron chi connectivity index (χ3n) is 4.77. The zero-order valence-electron chi connectivity index (χ0n) is 13.5. The van der Waals surface area contributed by atoms with Crippen molar-refractivity contribution in [1.82, 2.24) is 0 Å². The Hall–Kier alpha value is -1.56. The van der Waals surface area contributed by atoms with Crippen LogP contribution in [0.1, 0.15) is 37.2 Å². The van der Waals surface area contributed by atoms with E-state index in [9.17, 15) is 8.78 Å². The maximum atomic E-state index is 13.9. The molecule has 1 aromatic carbocycles. The van der Waals surface area contributed by atoms with Gasteiger partial charge in [0.2, 0.25) is 0 Å². The van der Waals surface area contributed by atoms with E-state index in [1.54, 1.807) is 12.0 Å². The molecule has 0 bridgehead atoms. The highest BCUT2D eigenvalue weighted by atomic mass is 19.3. The van der Waals surface area contributed by atoms with Gasteiger partial charge in [-0.05, 0) is 36.8 Å². The number of benzene rings is 1. The van der Waals surface area contributed by atoms with E-state index in [2.05, 4.69) is 0 Å². The summed E-state index contributed by atoms with van der Waals surface area (Å²) in [7, 11) is 1.55. The highest BCUT2D eigenvalue weighted by Crippen LogP contribution is 2.41. The fourth-order valence-corrected chi connectivity index (χ4v) is 3.56. The van der Waals surface area contributed by atoms with Crippen LogP contribution < -0.4 is 15.4 Å². The highest BCUT2D eigenvalue weighted by Gasteiger charge is 2.36. The molecule has 6 heteroatoms. The van der Waals surface area contributed by atoms with E-state index in [1.807, 2.05) is 12.1 Å². The lowest BCUT2D eigenvalue weighted by Gasteiger charge is -2.37. The third kappa shape index (κ3) is 3.52. The molecule has 2 aliphatic rings. The number of hydrogen-bond acceptors (Lipinski definition) is 4. The summed E-state index contributed by atoms with van der Waals surface area (Å²) in [6.45, 7) is 1.80. The number of methoxy groups -OCH3 is 1. The molecule has 0 spiro atoms. The Labute approximate surface area is 135 Å². The monoisotopic (exact) mass is 326 g/mol. The molecule has 23 heavy (non-hydrogen) atoms. The Bertz CT molecular complexity index is 560. The zero-order valence-corrected chi connectivity index (χ0v) is 13.5. The molecule has 2 heterocycles. The molecule has 2 saturated heterocycles. The smallest absolute Gasteiger partial charge is 0.265 e. The Morgan fingerprint density at radius 3 is 2.70 bits per heavy atom. The van der Waals surface area contributed by atoms with Crippen LogP contribution in [0, 0.1) is 0 Å². The molecule has 2 N–H and O–H groups in total. The Kier molecular flexibility index (Phi) is 4.62. The van der Waals surface area contributed by atoms with E-state index in [-0.39, 0.29) is 13.0 Å². The average molecular weight is 326 g/mol. The van der Waals surface area contributed by atoms with Gasteiger partial charge in [-0.25, -0.2) is 8.78 Å². The SMILES string of the molecule is COc1cc(N2CCCC(F)(F)C2)c(C2CCOCC2)cc1N. The summed E-state index contributed by atoms with van der Waals surface area (Å²) in [5.74, 6) is -1.80. The fraction of sp³-hybridized carbons (Fsp3) is 0.647. The second kappa shape index (κ2) is 6.51. The van der Waals surface area contributed by atoms with Gasteiger partial charge in [-0.15, -0.1) is 0 Å². The molecule has 0 saturated carbocycles. The number of nitrogens with zero attached hydrogens (tertiary/aromatic N) is 1. The van der Waals surface area contributed by atoms with Gasteiger partial charge >= 0.3 is 0 Å². The van der Waals surface area contributed by atoms with Crippen LogP contribution in [0.3, 0.4) is 0 Å². The summed E-state index contributed by atoms with van der Waals surface area (Å²) < 4.78 is 38.4. The van der Waals surface area contributed by atoms with Crippen molar-refractivity contribution in [1.29, 1.82) is 0 Å². The fourth-order valence-electron chi connectivity index (χ4n) is 3.56. The van der Waals surface area contributed by atoms with Crippen LogP contribution in [0.2, 0.25) is 0 Å². The molecule has 0 unspecified atom stereocenters. The second-order valence-electron chi connectivity index (χ2n) is 6.42. The van der Waals surface area contributed by atoms with Crippen molar-refractivity contribution in [2.75, 3.05) is 44.0 Å². The number of anilines is 2. The number of nitrogens with two attached hydrogens (primary N) is 1. The van der Waals surface area contributed by atoms with Crippen molar-refractivity contribution in [3.8, 4) is 5.75 Å². The quantitative estimate of drug-likeness (QED) is 0.865. The van der Waals surface area contributed by atoms with Gasteiger partial charge in [0.1, 0.15) is 5.75 Å². The molecule has 0 aromatic heterocycles. The summed E-state index contributed by atoms with van der Waals surface area (Å²) in [4.78, 5) is 1.79. The predicted octanol–water partition coefficient (Wildman–Crippen LogP) is 3.41. The molecule has 2 fully saturated rings. The molecule has 0 amide bonds. The number of nitrogen functional groups attached to an aromatic ring is 1. The van der Waals surface area contributed by atoms with E-state index in [1.165, 1.54) is 0 Å². The van der Waals surface area contributed by atoms with Gasteiger partial charge in [0.05, 0.1) is 19.3 Å². The third-order valence-corrected chi connectivity index (χ3v) is 4.77. The summed E-state index contributed by atoms with van der Waals surface area (Å²) >= 11 is 0. The molecule has 128 valence electrons. The molecule has 0 radical (unpaired) electrons. The molecule has 1 aromatic rings. The van der Waals surface area contributed by atoms with E-state index in [0.29, 0.717) is 43.5 Å². The second-order valence-corrected chi connectivity index (χ2v) is 6.42. The number of halogens is 2. The largest absolute Gasteiger partial charge is 0.495 e. The van der Waals surface area contributed by atoms with Gasteiger partial charge in [0.25, 0.3) is 5.92 Å². The van der Waals surface area contributed by atoms with Crippen LogP contribution in [0.15, 0.2) is 12.1 Å². The van der Waals surface area contributed by atoms with E-state index in [4.69, 9.17) is 15.2 Å². The maximum Gasteiger partial charge on any atom is 0.265 e.